The maximum Gasteiger partial charge on any atom is 0.287 e. The molecular weight excluding hydrogens is 286 g/mol. The number of unbranched alkanes of at least 4 members (excludes halogenated alkanes) is 1. The van der Waals surface area contributed by atoms with Crippen LogP contribution in [-0.4, -0.2) is 15.8 Å². The van der Waals surface area contributed by atoms with E-state index in [1.165, 1.54) is 17.5 Å². The van der Waals surface area contributed by atoms with Gasteiger partial charge in [0.2, 0.25) is 0 Å². The molecule has 21 heavy (non-hydrogen) atoms. The van der Waals surface area contributed by atoms with Crippen LogP contribution in [0.25, 0.3) is 0 Å². The topological polar surface area (TPSA) is 46.9 Å². The predicted octanol–water partition coefficient (Wildman–Crippen LogP) is 4.08. The molecule has 1 saturated carbocycles. The molecule has 1 heterocycles. The number of nitrogens with one attached hydrogen (secondary N) is 1. The standard InChI is InChI=1S/C16H26ClN3O/c1-4-5-10-20-15(21)14(17)13(11-18-20)19-12-6-8-16(2,3)9-7-12/h11-12,19H,4-10H2,1-3H3. The van der Waals surface area contributed by atoms with Gasteiger partial charge in [0.1, 0.15) is 5.02 Å². The molecule has 1 N–H and O–H groups in total. The summed E-state index contributed by atoms with van der Waals surface area (Å²) in [5.74, 6) is 0. The molecule has 0 amide bonds. The highest BCUT2D eigenvalue weighted by Crippen LogP contribution is 2.36. The van der Waals surface area contributed by atoms with Crippen molar-refractivity contribution in [2.75, 3.05) is 5.32 Å². The second-order valence-corrected chi connectivity index (χ2v) is 7.21. The molecule has 0 aliphatic heterocycles. The molecule has 1 fully saturated rings. The molecule has 1 aliphatic carbocycles. The average Bonchev–Trinajstić information content (AvgIpc) is 2.45. The minimum absolute atomic E-state index is 0.189. The Labute approximate surface area is 131 Å². The van der Waals surface area contributed by atoms with Gasteiger partial charge in [0, 0.05) is 12.6 Å². The Kier molecular flexibility index (Phi) is 5.31. The summed E-state index contributed by atoms with van der Waals surface area (Å²) in [7, 11) is 0. The van der Waals surface area contributed by atoms with Gasteiger partial charge in [0.15, 0.2) is 0 Å². The maximum atomic E-state index is 12.2. The minimum atomic E-state index is -0.189. The van der Waals surface area contributed by atoms with Crippen molar-refractivity contribution in [3.05, 3.63) is 21.6 Å². The van der Waals surface area contributed by atoms with Crippen LogP contribution in [-0.2, 0) is 6.54 Å². The van der Waals surface area contributed by atoms with Gasteiger partial charge in [-0.15, -0.1) is 0 Å². The number of halogens is 1. The van der Waals surface area contributed by atoms with Gasteiger partial charge < -0.3 is 5.32 Å². The quantitative estimate of drug-likeness (QED) is 0.891. The lowest BCUT2D eigenvalue weighted by Crippen LogP contribution is -2.31. The molecular formula is C16H26ClN3O. The Balaban J connectivity index is 2.04. The van der Waals surface area contributed by atoms with Crippen LogP contribution in [0.4, 0.5) is 5.69 Å². The van der Waals surface area contributed by atoms with E-state index in [0.717, 1.165) is 25.7 Å². The summed E-state index contributed by atoms with van der Waals surface area (Å²) in [6.45, 7) is 7.35. The normalized spacial score (nSPS) is 18.7. The lowest BCUT2D eigenvalue weighted by atomic mass is 9.75. The lowest BCUT2D eigenvalue weighted by molar-refractivity contribution is 0.232. The minimum Gasteiger partial charge on any atom is -0.380 e. The number of anilines is 1. The molecule has 1 aliphatic rings. The fourth-order valence-corrected chi connectivity index (χ4v) is 3.00. The van der Waals surface area contributed by atoms with Crippen molar-refractivity contribution in [3.63, 3.8) is 0 Å². The number of aromatic nitrogens is 2. The predicted molar refractivity (Wildman–Crippen MR) is 88.1 cm³/mol. The number of rotatable bonds is 5. The van der Waals surface area contributed by atoms with Gasteiger partial charge in [-0.3, -0.25) is 4.79 Å². The summed E-state index contributed by atoms with van der Waals surface area (Å²) in [5.41, 5.74) is 0.925. The van der Waals surface area contributed by atoms with Crippen LogP contribution in [0.2, 0.25) is 5.02 Å². The third-order valence-corrected chi connectivity index (χ3v) is 4.77. The summed E-state index contributed by atoms with van der Waals surface area (Å²) < 4.78 is 1.46. The Hall–Kier alpha value is -1.03. The molecule has 1 aromatic heterocycles. The second-order valence-electron chi connectivity index (χ2n) is 6.84. The molecule has 2 rings (SSSR count). The number of nitrogens with zero attached hydrogens (tertiary/aromatic N) is 2. The molecule has 0 unspecified atom stereocenters. The van der Waals surface area contributed by atoms with E-state index in [9.17, 15) is 4.79 Å². The fourth-order valence-electron chi connectivity index (χ4n) is 2.80. The SMILES string of the molecule is CCCCn1ncc(NC2CCC(C)(C)CC2)c(Cl)c1=O. The van der Waals surface area contributed by atoms with Gasteiger partial charge in [-0.25, -0.2) is 4.68 Å². The highest BCUT2D eigenvalue weighted by molar-refractivity contribution is 6.32. The molecule has 0 radical (unpaired) electrons. The van der Waals surface area contributed by atoms with Crippen LogP contribution in [0.3, 0.4) is 0 Å². The van der Waals surface area contributed by atoms with E-state index in [2.05, 4.69) is 31.2 Å². The van der Waals surface area contributed by atoms with Gasteiger partial charge in [-0.1, -0.05) is 38.8 Å². The molecule has 118 valence electrons. The van der Waals surface area contributed by atoms with E-state index < -0.39 is 0 Å². The van der Waals surface area contributed by atoms with Crippen molar-refractivity contribution in [2.24, 2.45) is 5.41 Å². The van der Waals surface area contributed by atoms with Gasteiger partial charge in [-0.05, 0) is 37.5 Å². The van der Waals surface area contributed by atoms with E-state index in [4.69, 9.17) is 11.6 Å². The van der Waals surface area contributed by atoms with E-state index >= 15 is 0 Å². The van der Waals surface area contributed by atoms with Crippen LogP contribution < -0.4 is 10.9 Å². The summed E-state index contributed by atoms with van der Waals surface area (Å²) in [4.78, 5) is 12.2. The van der Waals surface area contributed by atoms with Gasteiger partial charge in [-0.2, -0.15) is 5.10 Å². The highest BCUT2D eigenvalue weighted by Gasteiger charge is 2.27. The van der Waals surface area contributed by atoms with Crippen molar-refractivity contribution >= 4 is 17.3 Å². The van der Waals surface area contributed by atoms with E-state index in [0.29, 0.717) is 23.7 Å². The number of hydrogen-bond acceptors (Lipinski definition) is 3. The first kappa shape index (κ1) is 16.3. The van der Waals surface area contributed by atoms with Crippen LogP contribution in [0.1, 0.15) is 59.3 Å². The Bertz CT molecular complexity index is 529. The van der Waals surface area contributed by atoms with Crippen molar-refractivity contribution < 1.29 is 0 Å². The zero-order valence-electron chi connectivity index (χ0n) is 13.3. The Morgan fingerprint density at radius 1 is 1.43 bits per heavy atom. The summed E-state index contributed by atoms with van der Waals surface area (Å²) in [6, 6.07) is 0.392. The van der Waals surface area contributed by atoms with Crippen LogP contribution in [0, 0.1) is 5.41 Å². The third-order valence-electron chi connectivity index (χ3n) is 4.41. The molecule has 0 aromatic carbocycles. The van der Waals surface area contributed by atoms with E-state index in [-0.39, 0.29) is 10.6 Å². The second kappa shape index (κ2) is 6.82. The molecule has 0 bridgehead atoms. The highest BCUT2D eigenvalue weighted by atomic mass is 35.5. The fraction of sp³-hybridized carbons (Fsp3) is 0.750. The molecule has 0 saturated heterocycles. The molecule has 0 atom stereocenters. The van der Waals surface area contributed by atoms with Crippen LogP contribution in [0.15, 0.2) is 11.0 Å². The smallest absolute Gasteiger partial charge is 0.287 e. The largest absolute Gasteiger partial charge is 0.380 e. The van der Waals surface area contributed by atoms with Crippen molar-refractivity contribution in [3.8, 4) is 0 Å². The Morgan fingerprint density at radius 3 is 2.71 bits per heavy atom. The summed E-state index contributed by atoms with van der Waals surface area (Å²) >= 11 is 6.22. The van der Waals surface area contributed by atoms with E-state index in [1.807, 2.05) is 0 Å². The zero-order valence-corrected chi connectivity index (χ0v) is 14.0. The maximum absolute atomic E-state index is 12.2. The number of aryl methyl sites for hydroxylation is 1. The first-order valence-electron chi connectivity index (χ1n) is 7.95. The Morgan fingerprint density at radius 2 is 2.10 bits per heavy atom. The van der Waals surface area contributed by atoms with Gasteiger partial charge in [0.25, 0.3) is 5.56 Å². The molecule has 0 spiro atoms. The molecule has 5 heteroatoms. The van der Waals surface area contributed by atoms with Crippen molar-refractivity contribution in [1.29, 1.82) is 0 Å². The first-order valence-corrected chi connectivity index (χ1v) is 8.33. The third kappa shape index (κ3) is 4.22. The van der Waals surface area contributed by atoms with Gasteiger partial charge >= 0.3 is 0 Å². The summed E-state index contributed by atoms with van der Waals surface area (Å²) in [5, 5.41) is 7.90. The van der Waals surface area contributed by atoms with Crippen LogP contribution >= 0.6 is 11.6 Å². The van der Waals surface area contributed by atoms with E-state index in [1.54, 1.807) is 6.20 Å². The molecule has 1 aromatic rings. The first-order chi connectivity index (χ1) is 9.93. The monoisotopic (exact) mass is 311 g/mol. The summed E-state index contributed by atoms with van der Waals surface area (Å²) in [6.07, 6.45) is 8.29. The van der Waals surface area contributed by atoms with Crippen molar-refractivity contribution in [1.82, 2.24) is 9.78 Å². The average molecular weight is 312 g/mol. The van der Waals surface area contributed by atoms with Gasteiger partial charge in [0.05, 0.1) is 11.9 Å². The van der Waals surface area contributed by atoms with Crippen molar-refractivity contribution in [2.45, 2.75) is 71.9 Å². The lowest BCUT2D eigenvalue weighted by Gasteiger charge is -2.35. The molecule has 4 nitrogen and oxygen atoms in total. The zero-order chi connectivity index (χ0) is 15.5. The number of hydrogen-bond donors (Lipinski definition) is 1. The van der Waals surface area contributed by atoms with Crippen LogP contribution in [0.5, 0.6) is 0 Å².